The van der Waals surface area contributed by atoms with Crippen LogP contribution in [-0.4, -0.2) is 12.4 Å². The Balaban J connectivity index is 1.77. The van der Waals surface area contributed by atoms with Crippen LogP contribution in [-0.2, 0) is 4.74 Å². The predicted molar refractivity (Wildman–Crippen MR) is 73.4 cm³/mol. The Labute approximate surface area is 106 Å². The molecule has 0 bridgehead atoms. The van der Waals surface area contributed by atoms with Crippen molar-refractivity contribution in [3.8, 4) is 0 Å². The molecule has 18 heavy (non-hydrogen) atoms. The quantitative estimate of drug-likeness (QED) is 0.780. The van der Waals surface area contributed by atoms with E-state index in [-0.39, 0.29) is 0 Å². The molecule has 0 aromatic heterocycles. The smallest absolute Gasteiger partial charge is 0.222 e. The normalized spacial score (nSPS) is 16.4. The average Bonchev–Trinajstić information content (AvgIpc) is 2.89. The van der Waals surface area contributed by atoms with Gasteiger partial charge in [-0.1, -0.05) is 48.5 Å². The van der Waals surface area contributed by atoms with Gasteiger partial charge in [-0.2, -0.15) is 0 Å². The van der Waals surface area contributed by atoms with Crippen LogP contribution in [0.5, 0.6) is 0 Å². The van der Waals surface area contributed by atoms with Crippen molar-refractivity contribution in [2.45, 2.75) is 0 Å². The van der Waals surface area contributed by atoms with Crippen molar-refractivity contribution < 1.29 is 4.74 Å². The molecular formula is C16H13NO. The maximum absolute atomic E-state index is 5.76. The minimum Gasteiger partial charge on any atom is -0.441 e. The fourth-order valence-corrected chi connectivity index (χ4v) is 1.88. The molecular weight excluding hydrogens is 222 g/mol. The van der Waals surface area contributed by atoms with Gasteiger partial charge in [0.25, 0.3) is 0 Å². The topological polar surface area (TPSA) is 21.6 Å². The van der Waals surface area contributed by atoms with E-state index >= 15 is 0 Å². The summed E-state index contributed by atoms with van der Waals surface area (Å²) >= 11 is 0. The Hall–Kier alpha value is -2.35. The summed E-state index contributed by atoms with van der Waals surface area (Å²) in [5.74, 6) is 1.60. The molecule has 3 rings (SSSR count). The van der Waals surface area contributed by atoms with E-state index in [1.54, 1.807) is 0 Å². The SMILES string of the molecule is C(=C1\CN=C(c2ccccc2)O1)/c1ccccc1. The molecule has 2 heteroatoms. The lowest BCUT2D eigenvalue weighted by atomic mass is 10.2. The van der Waals surface area contributed by atoms with Crippen LogP contribution in [0.1, 0.15) is 11.1 Å². The lowest BCUT2D eigenvalue weighted by Crippen LogP contribution is -1.99. The average molecular weight is 235 g/mol. The third kappa shape index (κ3) is 2.33. The molecule has 88 valence electrons. The summed E-state index contributed by atoms with van der Waals surface area (Å²) in [6, 6.07) is 20.1. The van der Waals surface area contributed by atoms with Crippen molar-refractivity contribution in [3.05, 3.63) is 77.5 Å². The van der Waals surface area contributed by atoms with Crippen molar-refractivity contribution in [2.24, 2.45) is 4.99 Å². The van der Waals surface area contributed by atoms with E-state index in [0.717, 1.165) is 16.9 Å². The summed E-state index contributed by atoms with van der Waals surface area (Å²) in [6.45, 7) is 0.610. The van der Waals surface area contributed by atoms with Gasteiger partial charge in [0.1, 0.15) is 12.3 Å². The van der Waals surface area contributed by atoms with Gasteiger partial charge in [0.15, 0.2) is 0 Å². The predicted octanol–water partition coefficient (Wildman–Crippen LogP) is 3.50. The summed E-state index contributed by atoms with van der Waals surface area (Å²) < 4.78 is 5.76. The number of benzene rings is 2. The van der Waals surface area contributed by atoms with Gasteiger partial charge in [0.2, 0.25) is 5.90 Å². The Morgan fingerprint density at radius 2 is 1.56 bits per heavy atom. The first-order chi connectivity index (χ1) is 8.92. The van der Waals surface area contributed by atoms with Gasteiger partial charge >= 0.3 is 0 Å². The summed E-state index contributed by atoms with van der Waals surface area (Å²) in [5, 5.41) is 0. The van der Waals surface area contributed by atoms with Gasteiger partial charge in [-0.15, -0.1) is 0 Å². The summed E-state index contributed by atoms with van der Waals surface area (Å²) in [6.07, 6.45) is 2.03. The van der Waals surface area contributed by atoms with Gasteiger partial charge < -0.3 is 4.74 Å². The molecule has 1 aliphatic rings. The molecule has 0 radical (unpaired) electrons. The van der Waals surface area contributed by atoms with Gasteiger partial charge in [-0.05, 0) is 23.8 Å². The lowest BCUT2D eigenvalue weighted by molar-refractivity contribution is 0.445. The van der Waals surface area contributed by atoms with Crippen LogP contribution in [0, 0.1) is 0 Å². The van der Waals surface area contributed by atoms with Gasteiger partial charge in [0.05, 0.1) is 0 Å². The van der Waals surface area contributed by atoms with Crippen LogP contribution in [0.15, 0.2) is 71.4 Å². The van der Waals surface area contributed by atoms with Crippen molar-refractivity contribution >= 4 is 12.0 Å². The second kappa shape index (κ2) is 4.88. The Kier molecular flexibility index (Phi) is 2.92. The fourth-order valence-electron chi connectivity index (χ4n) is 1.88. The molecule has 0 spiro atoms. The summed E-state index contributed by atoms with van der Waals surface area (Å²) in [5.41, 5.74) is 2.16. The van der Waals surface area contributed by atoms with Crippen molar-refractivity contribution in [3.63, 3.8) is 0 Å². The molecule has 0 aliphatic carbocycles. The second-order valence-electron chi connectivity index (χ2n) is 4.11. The molecule has 0 fully saturated rings. The van der Waals surface area contributed by atoms with Gasteiger partial charge in [0, 0.05) is 5.56 Å². The fraction of sp³-hybridized carbons (Fsp3) is 0.0625. The first kappa shape index (κ1) is 10.8. The number of hydrogen-bond donors (Lipinski definition) is 0. The zero-order valence-electron chi connectivity index (χ0n) is 9.91. The minimum atomic E-state index is 0.610. The number of hydrogen-bond acceptors (Lipinski definition) is 2. The monoisotopic (exact) mass is 235 g/mol. The first-order valence-electron chi connectivity index (χ1n) is 5.95. The molecule has 0 amide bonds. The van der Waals surface area contributed by atoms with E-state index in [4.69, 9.17) is 4.74 Å². The van der Waals surface area contributed by atoms with Crippen LogP contribution in [0.4, 0.5) is 0 Å². The third-order valence-electron chi connectivity index (χ3n) is 2.75. The molecule has 2 aromatic rings. The Morgan fingerprint density at radius 1 is 0.889 bits per heavy atom. The van der Waals surface area contributed by atoms with Crippen LogP contribution in [0.2, 0.25) is 0 Å². The van der Waals surface area contributed by atoms with E-state index < -0.39 is 0 Å². The summed E-state index contributed by atoms with van der Waals surface area (Å²) in [4.78, 5) is 4.41. The van der Waals surface area contributed by atoms with E-state index in [1.807, 2.05) is 54.6 Å². The molecule has 2 nitrogen and oxygen atoms in total. The first-order valence-corrected chi connectivity index (χ1v) is 5.95. The zero-order chi connectivity index (χ0) is 12.2. The number of nitrogens with zero attached hydrogens (tertiary/aromatic N) is 1. The van der Waals surface area contributed by atoms with Crippen LogP contribution in [0.25, 0.3) is 6.08 Å². The van der Waals surface area contributed by atoms with Crippen LogP contribution < -0.4 is 0 Å². The van der Waals surface area contributed by atoms with E-state index in [1.165, 1.54) is 0 Å². The lowest BCUT2D eigenvalue weighted by Gasteiger charge is -2.02. The number of rotatable bonds is 2. The second-order valence-corrected chi connectivity index (χ2v) is 4.11. The van der Waals surface area contributed by atoms with Crippen molar-refractivity contribution in [1.29, 1.82) is 0 Å². The highest BCUT2D eigenvalue weighted by Gasteiger charge is 2.14. The zero-order valence-corrected chi connectivity index (χ0v) is 9.91. The Morgan fingerprint density at radius 3 is 2.28 bits per heavy atom. The molecule has 2 aromatic carbocycles. The molecule has 0 atom stereocenters. The number of ether oxygens (including phenoxy) is 1. The molecule has 0 N–H and O–H groups in total. The van der Waals surface area contributed by atoms with Gasteiger partial charge in [-0.3, -0.25) is 0 Å². The molecule has 0 saturated carbocycles. The van der Waals surface area contributed by atoms with E-state index in [0.29, 0.717) is 12.4 Å². The van der Waals surface area contributed by atoms with E-state index in [2.05, 4.69) is 17.1 Å². The van der Waals surface area contributed by atoms with Crippen LogP contribution in [0.3, 0.4) is 0 Å². The molecule has 0 unspecified atom stereocenters. The van der Waals surface area contributed by atoms with E-state index in [9.17, 15) is 0 Å². The third-order valence-corrected chi connectivity index (χ3v) is 2.75. The van der Waals surface area contributed by atoms with Crippen LogP contribution >= 0.6 is 0 Å². The highest BCUT2D eigenvalue weighted by atomic mass is 16.5. The maximum Gasteiger partial charge on any atom is 0.222 e. The van der Waals surface area contributed by atoms with Crippen molar-refractivity contribution in [2.75, 3.05) is 6.54 Å². The largest absolute Gasteiger partial charge is 0.441 e. The molecule has 1 heterocycles. The standard InChI is InChI=1S/C16H13NO/c1-3-7-13(8-4-1)11-15-12-17-16(18-15)14-9-5-2-6-10-14/h1-11H,12H2/b15-11-. The maximum atomic E-state index is 5.76. The molecule has 0 saturated heterocycles. The number of aliphatic imine (C=N–C) groups is 1. The van der Waals surface area contributed by atoms with Crippen molar-refractivity contribution in [1.82, 2.24) is 0 Å². The molecule has 1 aliphatic heterocycles. The minimum absolute atomic E-state index is 0.610. The highest BCUT2D eigenvalue weighted by Crippen LogP contribution is 2.17. The summed E-state index contributed by atoms with van der Waals surface area (Å²) in [7, 11) is 0. The Bertz CT molecular complexity index is 585. The van der Waals surface area contributed by atoms with Gasteiger partial charge in [-0.25, -0.2) is 4.99 Å². The highest BCUT2D eigenvalue weighted by molar-refractivity contribution is 5.96.